The number of pyridine rings is 1. The molecule has 184 valence electrons. The van der Waals surface area contributed by atoms with Crippen molar-refractivity contribution in [2.75, 3.05) is 44.7 Å². The summed E-state index contributed by atoms with van der Waals surface area (Å²) < 4.78 is 22.0. The first-order chi connectivity index (χ1) is 17.7. The van der Waals surface area contributed by atoms with E-state index in [-0.39, 0.29) is 11.4 Å². The molecular weight excluding hydrogens is 457 g/mol. The van der Waals surface area contributed by atoms with E-state index in [1.807, 2.05) is 24.3 Å². The predicted molar refractivity (Wildman–Crippen MR) is 141 cm³/mol. The van der Waals surface area contributed by atoms with Gasteiger partial charge in [-0.1, -0.05) is 30.3 Å². The van der Waals surface area contributed by atoms with Gasteiger partial charge in [0.1, 0.15) is 5.82 Å². The van der Waals surface area contributed by atoms with Gasteiger partial charge in [-0.2, -0.15) is 0 Å². The number of aromatic amines is 1. The number of anilines is 1. The van der Waals surface area contributed by atoms with Gasteiger partial charge >= 0.3 is 0 Å². The number of hydrogen-bond acceptors (Lipinski definition) is 5. The maximum Gasteiger partial charge on any atom is 0.256 e. The SMILES string of the molecule is O=c1[nH]ccc2c3nc(NCCCN4CCOCC4)n(Cc4ccccc4)c3c3ccc(F)cc3c12. The number of ether oxygens (including phenoxy) is 1. The Balaban J connectivity index is 1.47. The van der Waals surface area contributed by atoms with Crippen LogP contribution in [0.3, 0.4) is 0 Å². The Bertz CT molecular complexity index is 1590. The summed E-state index contributed by atoms with van der Waals surface area (Å²) in [4.78, 5) is 23.0. The number of benzene rings is 3. The molecule has 0 atom stereocenters. The number of morpholine rings is 1. The highest BCUT2D eigenvalue weighted by atomic mass is 19.1. The molecule has 1 saturated heterocycles. The van der Waals surface area contributed by atoms with Crippen molar-refractivity contribution in [3.8, 4) is 0 Å². The summed E-state index contributed by atoms with van der Waals surface area (Å²) in [5.41, 5.74) is 2.52. The lowest BCUT2D eigenvalue weighted by Crippen LogP contribution is -2.37. The highest BCUT2D eigenvalue weighted by Crippen LogP contribution is 2.35. The van der Waals surface area contributed by atoms with E-state index >= 15 is 0 Å². The fourth-order valence-corrected chi connectivity index (χ4v) is 5.17. The van der Waals surface area contributed by atoms with Gasteiger partial charge in [0.05, 0.1) is 36.2 Å². The Morgan fingerprint density at radius 1 is 1.03 bits per heavy atom. The topological polar surface area (TPSA) is 75.2 Å². The number of aromatic nitrogens is 3. The summed E-state index contributed by atoms with van der Waals surface area (Å²) in [7, 11) is 0. The van der Waals surface area contributed by atoms with Crippen LogP contribution in [0.1, 0.15) is 12.0 Å². The van der Waals surface area contributed by atoms with E-state index < -0.39 is 0 Å². The Labute approximate surface area is 207 Å². The molecule has 2 N–H and O–H groups in total. The highest BCUT2D eigenvalue weighted by Gasteiger charge is 2.20. The average molecular weight is 486 g/mol. The van der Waals surface area contributed by atoms with Crippen LogP contribution in [-0.2, 0) is 11.3 Å². The second-order valence-electron chi connectivity index (χ2n) is 9.22. The van der Waals surface area contributed by atoms with Gasteiger partial charge in [-0.05, 0) is 42.8 Å². The molecule has 0 saturated carbocycles. The molecule has 0 bridgehead atoms. The molecule has 3 heterocycles. The lowest BCUT2D eigenvalue weighted by molar-refractivity contribution is 0.0378. The van der Waals surface area contributed by atoms with Crippen LogP contribution in [0.15, 0.2) is 65.6 Å². The summed E-state index contributed by atoms with van der Waals surface area (Å²) in [6, 6.07) is 16.7. The molecule has 0 aliphatic carbocycles. The summed E-state index contributed by atoms with van der Waals surface area (Å²) in [6.45, 7) is 5.88. The molecule has 0 amide bonds. The van der Waals surface area contributed by atoms with Crippen molar-refractivity contribution in [2.45, 2.75) is 13.0 Å². The molecule has 36 heavy (non-hydrogen) atoms. The fourth-order valence-electron chi connectivity index (χ4n) is 5.17. The quantitative estimate of drug-likeness (QED) is 0.265. The van der Waals surface area contributed by atoms with Gasteiger partial charge in [-0.25, -0.2) is 9.37 Å². The van der Waals surface area contributed by atoms with Gasteiger partial charge in [0.2, 0.25) is 5.95 Å². The minimum atomic E-state index is -0.373. The number of H-pyrrole nitrogens is 1. The van der Waals surface area contributed by atoms with Crippen molar-refractivity contribution in [1.29, 1.82) is 0 Å². The number of nitrogens with zero attached hydrogens (tertiary/aromatic N) is 3. The van der Waals surface area contributed by atoms with Gasteiger partial charge < -0.3 is 19.6 Å². The molecule has 8 heteroatoms. The van der Waals surface area contributed by atoms with Crippen molar-refractivity contribution < 1.29 is 9.13 Å². The third kappa shape index (κ3) is 4.23. The van der Waals surface area contributed by atoms with Crippen LogP contribution in [0.25, 0.3) is 32.6 Å². The van der Waals surface area contributed by atoms with Crippen molar-refractivity contribution in [2.24, 2.45) is 0 Å². The Hall–Kier alpha value is -3.75. The van der Waals surface area contributed by atoms with Crippen molar-refractivity contribution in [3.05, 3.63) is 82.5 Å². The molecule has 6 rings (SSSR count). The fraction of sp³-hybridized carbons (Fsp3) is 0.286. The van der Waals surface area contributed by atoms with Crippen LogP contribution in [0.4, 0.5) is 10.3 Å². The molecule has 3 aromatic carbocycles. The smallest absolute Gasteiger partial charge is 0.256 e. The molecule has 1 fully saturated rings. The maximum absolute atomic E-state index is 14.3. The number of fused-ring (bicyclic) bond motifs is 6. The minimum absolute atomic E-state index is 0.248. The Morgan fingerprint density at radius 2 is 1.86 bits per heavy atom. The average Bonchev–Trinajstić information content (AvgIpc) is 3.26. The lowest BCUT2D eigenvalue weighted by Gasteiger charge is -2.26. The summed E-state index contributed by atoms with van der Waals surface area (Å²) in [6.07, 6.45) is 2.60. The Morgan fingerprint density at radius 3 is 2.69 bits per heavy atom. The Kier molecular flexibility index (Phi) is 6.13. The first-order valence-electron chi connectivity index (χ1n) is 12.4. The second-order valence-corrected chi connectivity index (χ2v) is 9.22. The molecule has 7 nitrogen and oxygen atoms in total. The van der Waals surface area contributed by atoms with Gasteiger partial charge in [0, 0.05) is 42.0 Å². The zero-order valence-corrected chi connectivity index (χ0v) is 20.0. The van der Waals surface area contributed by atoms with Crippen LogP contribution in [0.5, 0.6) is 0 Å². The molecule has 1 aliphatic rings. The third-order valence-electron chi connectivity index (χ3n) is 6.91. The highest BCUT2D eigenvalue weighted by molar-refractivity contribution is 6.23. The van der Waals surface area contributed by atoms with Gasteiger partial charge in [0.25, 0.3) is 5.56 Å². The van der Waals surface area contributed by atoms with Crippen LogP contribution in [-0.4, -0.2) is 58.8 Å². The lowest BCUT2D eigenvalue weighted by atomic mass is 10.0. The van der Waals surface area contributed by atoms with Crippen LogP contribution in [0.2, 0.25) is 0 Å². The number of nitrogens with one attached hydrogen (secondary N) is 2. The van der Waals surface area contributed by atoms with E-state index in [0.717, 1.165) is 79.1 Å². The molecule has 1 aliphatic heterocycles. The number of rotatable bonds is 7. The number of hydrogen-bond donors (Lipinski definition) is 2. The van der Waals surface area contributed by atoms with Crippen molar-refractivity contribution in [3.63, 3.8) is 0 Å². The van der Waals surface area contributed by atoms with E-state index in [2.05, 4.69) is 31.9 Å². The predicted octanol–water partition coefficient (Wildman–Crippen LogP) is 4.35. The molecule has 0 radical (unpaired) electrons. The van der Waals surface area contributed by atoms with Crippen molar-refractivity contribution in [1.82, 2.24) is 19.4 Å². The first-order valence-corrected chi connectivity index (χ1v) is 12.4. The number of imidazole rings is 1. The minimum Gasteiger partial charge on any atom is -0.379 e. The molecule has 2 aromatic heterocycles. The van der Waals surface area contributed by atoms with E-state index in [0.29, 0.717) is 17.3 Å². The zero-order valence-electron chi connectivity index (χ0n) is 20.0. The van der Waals surface area contributed by atoms with Crippen LogP contribution >= 0.6 is 0 Å². The first kappa shape index (κ1) is 22.7. The van der Waals surface area contributed by atoms with E-state index in [9.17, 15) is 9.18 Å². The third-order valence-corrected chi connectivity index (χ3v) is 6.91. The molecule has 5 aromatic rings. The van der Waals surface area contributed by atoms with Gasteiger partial charge in [0.15, 0.2) is 0 Å². The normalized spacial score (nSPS) is 14.7. The summed E-state index contributed by atoms with van der Waals surface area (Å²) in [5, 5.41) is 6.13. The van der Waals surface area contributed by atoms with Crippen LogP contribution < -0.4 is 10.9 Å². The second kappa shape index (κ2) is 9.72. The zero-order chi connectivity index (χ0) is 24.5. The van der Waals surface area contributed by atoms with E-state index in [1.54, 1.807) is 12.3 Å². The standard InChI is InChI=1S/C28H28FN5O2/c29-20-7-8-21-23(17-20)24-22(9-11-30-27(24)35)25-26(21)34(18-19-5-2-1-3-6-19)28(32-25)31-10-4-12-33-13-15-36-16-14-33/h1-3,5-9,11,17H,4,10,12-16,18H2,(H,30,35)(H,31,32). The summed E-state index contributed by atoms with van der Waals surface area (Å²) >= 11 is 0. The van der Waals surface area contributed by atoms with E-state index in [1.165, 1.54) is 12.1 Å². The van der Waals surface area contributed by atoms with Crippen LogP contribution in [0, 0.1) is 5.82 Å². The summed E-state index contributed by atoms with van der Waals surface area (Å²) in [5.74, 6) is 0.372. The molecule has 0 spiro atoms. The van der Waals surface area contributed by atoms with Gasteiger partial charge in [-0.3, -0.25) is 9.69 Å². The van der Waals surface area contributed by atoms with Crippen molar-refractivity contribution >= 4 is 38.5 Å². The van der Waals surface area contributed by atoms with E-state index in [4.69, 9.17) is 9.72 Å². The molecule has 0 unspecified atom stereocenters. The largest absolute Gasteiger partial charge is 0.379 e. The maximum atomic E-state index is 14.3. The number of halogens is 1. The molecular formula is C28H28FN5O2. The van der Waals surface area contributed by atoms with Gasteiger partial charge in [-0.15, -0.1) is 0 Å². The monoisotopic (exact) mass is 485 g/mol.